The summed E-state index contributed by atoms with van der Waals surface area (Å²) in [5.74, 6) is 0.386. The summed E-state index contributed by atoms with van der Waals surface area (Å²) in [6, 6.07) is 7.46. The lowest BCUT2D eigenvalue weighted by atomic mass is 10.0. The SMILES string of the molecule is C/C(=N/NC(=S)N[C@H]1C[C@@H]2C=C[C@H]1C2)c1ccccc1OCC(=O)[O-]. The number of carboxylic acids is 1. The van der Waals surface area contributed by atoms with Crippen molar-refractivity contribution in [3.8, 4) is 5.75 Å². The number of hydrogen-bond acceptors (Lipinski definition) is 5. The van der Waals surface area contributed by atoms with Crippen LogP contribution in [-0.2, 0) is 4.79 Å². The topological polar surface area (TPSA) is 85.8 Å². The summed E-state index contributed by atoms with van der Waals surface area (Å²) in [5, 5.41) is 18.7. The van der Waals surface area contributed by atoms with Crippen LogP contribution in [0.25, 0.3) is 0 Å². The molecule has 0 saturated heterocycles. The molecule has 2 aliphatic rings. The average molecular weight is 358 g/mol. The van der Waals surface area contributed by atoms with Gasteiger partial charge in [0, 0.05) is 11.6 Å². The number of nitrogens with zero attached hydrogens (tertiary/aromatic N) is 1. The highest BCUT2D eigenvalue weighted by Crippen LogP contribution is 2.38. The lowest BCUT2D eigenvalue weighted by molar-refractivity contribution is -0.307. The third kappa shape index (κ3) is 4.36. The third-order valence-electron chi connectivity index (χ3n) is 4.54. The number of carbonyl (C=O) groups is 1. The maximum atomic E-state index is 10.6. The number of nitrogens with one attached hydrogen (secondary N) is 2. The number of hydrogen-bond donors (Lipinski definition) is 2. The standard InChI is InChI=1S/C18H21N3O3S/c1-11(14-4-2-3-5-16(14)24-10-17(22)23)20-21-18(25)19-15-9-12-6-7-13(15)8-12/h2-7,12-13,15H,8-10H2,1H3,(H,22,23)(H2,19,21,25)/p-1/b20-11-/t12-,13+,15+/m1/s1. The van der Waals surface area contributed by atoms with Crippen molar-refractivity contribution >= 4 is 29.0 Å². The molecule has 2 aliphatic carbocycles. The van der Waals surface area contributed by atoms with Crippen LogP contribution in [0.2, 0.25) is 0 Å². The van der Waals surface area contributed by atoms with Crippen molar-refractivity contribution in [1.82, 2.24) is 10.7 Å². The number of ether oxygens (including phenoxy) is 1. The van der Waals surface area contributed by atoms with E-state index in [1.165, 1.54) is 6.42 Å². The normalized spacial score (nSPS) is 24.2. The Morgan fingerprint density at radius 2 is 2.16 bits per heavy atom. The van der Waals surface area contributed by atoms with E-state index in [1.807, 2.05) is 12.1 Å². The first-order chi connectivity index (χ1) is 12.0. The van der Waals surface area contributed by atoms with Crippen LogP contribution < -0.4 is 20.6 Å². The number of allylic oxidation sites excluding steroid dienone is 1. The maximum absolute atomic E-state index is 10.6. The fraction of sp³-hybridized carbons (Fsp3) is 0.389. The van der Waals surface area contributed by atoms with Gasteiger partial charge in [-0.05, 0) is 56.0 Å². The molecule has 3 rings (SSSR count). The summed E-state index contributed by atoms with van der Waals surface area (Å²) < 4.78 is 5.24. The maximum Gasteiger partial charge on any atom is 0.187 e. The molecule has 0 amide bonds. The molecule has 1 saturated carbocycles. The average Bonchev–Trinajstić information content (AvgIpc) is 3.21. The third-order valence-corrected chi connectivity index (χ3v) is 4.75. The van der Waals surface area contributed by atoms with E-state index in [0.29, 0.717) is 40.0 Å². The van der Waals surface area contributed by atoms with E-state index >= 15 is 0 Å². The molecule has 0 radical (unpaired) electrons. The Morgan fingerprint density at radius 1 is 1.36 bits per heavy atom. The summed E-state index contributed by atoms with van der Waals surface area (Å²) in [7, 11) is 0. The summed E-state index contributed by atoms with van der Waals surface area (Å²) in [5.41, 5.74) is 4.20. The van der Waals surface area contributed by atoms with Crippen molar-refractivity contribution in [3.05, 3.63) is 42.0 Å². The Morgan fingerprint density at radius 3 is 2.84 bits per heavy atom. The Kier molecular flexibility index (Phi) is 5.33. The molecule has 0 unspecified atom stereocenters. The summed E-state index contributed by atoms with van der Waals surface area (Å²) in [6.45, 7) is 1.30. The van der Waals surface area contributed by atoms with Crippen LogP contribution in [0.3, 0.4) is 0 Å². The molecular weight excluding hydrogens is 338 g/mol. The quantitative estimate of drug-likeness (QED) is 0.341. The number of carboxylic acid groups (broad SMARTS) is 1. The number of rotatable bonds is 6. The van der Waals surface area contributed by atoms with Crippen LogP contribution in [0, 0.1) is 11.8 Å². The van der Waals surface area contributed by atoms with Gasteiger partial charge in [-0.25, -0.2) is 0 Å². The van der Waals surface area contributed by atoms with Crippen molar-refractivity contribution in [2.45, 2.75) is 25.8 Å². The second-order valence-electron chi connectivity index (χ2n) is 6.33. The zero-order valence-electron chi connectivity index (χ0n) is 13.9. The second-order valence-corrected chi connectivity index (χ2v) is 6.73. The lowest BCUT2D eigenvalue weighted by Gasteiger charge is -2.21. The van der Waals surface area contributed by atoms with Crippen molar-refractivity contribution in [2.75, 3.05) is 6.61 Å². The Labute approximate surface area is 152 Å². The molecule has 0 spiro atoms. The van der Waals surface area contributed by atoms with Crippen LogP contribution >= 0.6 is 12.2 Å². The summed E-state index contributed by atoms with van der Waals surface area (Å²) in [6.07, 6.45) is 6.84. The van der Waals surface area contributed by atoms with Crippen molar-refractivity contribution < 1.29 is 14.6 Å². The highest BCUT2D eigenvalue weighted by atomic mass is 32.1. The molecule has 7 heteroatoms. The van der Waals surface area contributed by atoms with E-state index in [1.54, 1.807) is 19.1 Å². The first-order valence-electron chi connectivity index (χ1n) is 8.24. The molecular formula is C18H20N3O3S-. The number of aliphatic carboxylic acids is 1. The van der Waals surface area contributed by atoms with Crippen molar-refractivity contribution in [3.63, 3.8) is 0 Å². The molecule has 0 aromatic heterocycles. The van der Waals surface area contributed by atoms with Crippen molar-refractivity contribution in [1.29, 1.82) is 0 Å². The van der Waals surface area contributed by atoms with E-state index in [4.69, 9.17) is 17.0 Å². The minimum atomic E-state index is -1.27. The van der Waals surface area contributed by atoms with Gasteiger partial charge in [-0.1, -0.05) is 24.3 Å². The molecule has 1 aromatic rings. The Bertz CT molecular complexity index is 732. The largest absolute Gasteiger partial charge is 0.546 e. The highest BCUT2D eigenvalue weighted by molar-refractivity contribution is 7.80. The van der Waals surface area contributed by atoms with Gasteiger partial charge in [0.25, 0.3) is 0 Å². The highest BCUT2D eigenvalue weighted by Gasteiger charge is 2.35. The number of carbonyl (C=O) groups excluding carboxylic acids is 1. The molecule has 1 fully saturated rings. The van der Waals surface area contributed by atoms with E-state index in [0.717, 1.165) is 6.42 Å². The van der Waals surface area contributed by atoms with Gasteiger partial charge >= 0.3 is 0 Å². The first kappa shape index (κ1) is 17.4. The minimum absolute atomic E-state index is 0.365. The lowest BCUT2D eigenvalue weighted by Crippen LogP contribution is -2.42. The number of fused-ring (bicyclic) bond motifs is 2. The molecule has 2 bridgehead atoms. The van der Waals surface area contributed by atoms with E-state index < -0.39 is 12.6 Å². The molecule has 0 heterocycles. The first-order valence-corrected chi connectivity index (χ1v) is 8.65. The molecule has 0 aliphatic heterocycles. The Hall–Kier alpha value is -2.41. The van der Waals surface area contributed by atoms with Gasteiger partial charge in [-0.2, -0.15) is 5.10 Å². The predicted molar refractivity (Wildman–Crippen MR) is 97.2 cm³/mol. The molecule has 6 nitrogen and oxygen atoms in total. The molecule has 25 heavy (non-hydrogen) atoms. The van der Waals surface area contributed by atoms with Crippen molar-refractivity contribution in [2.24, 2.45) is 16.9 Å². The fourth-order valence-electron chi connectivity index (χ4n) is 3.37. The van der Waals surface area contributed by atoms with Gasteiger partial charge in [0.2, 0.25) is 0 Å². The Balaban J connectivity index is 1.58. The zero-order chi connectivity index (χ0) is 17.8. The zero-order valence-corrected chi connectivity index (χ0v) is 14.7. The van der Waals surface area contributed by atoms with E-state index in [9.17, 15) is 9.90 Å². The van der Waals surface area contributed by atoms with Gasteiger partial charge in [0.15, 0.2) is 5.11 Å². The molecule has 2 N–H and O–H groups in total. The van der Waals surface area contributed by atoms with Gasteiger partial charge in [0.1, 0.15) is 12.4 Å². The van der Waals surface area contributed by atoms with Crippen LogP contribution in [0.15, 0.2) is 41.5 Å². The summed E-state index contributed by atoms with van der Waals surface area (Å²) in [4.78, 5) is 10.6. The van der Waals surface area contributed by atoms with E-state index in [-0.39, 0.29) is 0 Å². The predicted octanol–water partition coefficient (Wildman–Crippen LogP) is 0.968. The number of hydrazone groups is 1. The van der Waals surface area contributed by atoms with Crippen LogP contribution in [0.4, 0.5) is 0 Å². The van der Waals surface area contributed by atoms with Gasteiger partial charge in [-0.3, -0.25) is 5.43 Å². The van der Waals surface area contributed by atoms with Crippen LogP contribution in [-0.4, -0.2) is 29.4 Å². The number of para-hydroxylation sites is 1. The smallest absolute Gasteiger partial charge is 0.187 e. The van der Waals surface area contributed by atoms with Gasteiger partial charge < -0.3 is 20.0 Å². The van der Waals surface area contributed by atoms with E-state index in [2.05, 4.69) is 28.0 Å². The van der Waals surface area contributed by atoms with Gasteiger partial charge in [0.05, 0.1) is 11.7 Å². The van der Waals surface area contributed by atoms with Gasteiger partial charge in [-0.15, -0.1) is 0 Å². The number of thiocarbonyl (C=S) groups is 1. The molecule has 1 aromatic carbocycles. The minimum Gasteiger partial charge on any atom is -0.546 e. The molecule has 3 atom stereocenters. The van der Waals surface area contributed by atoms with Crippen LogP contribution in [0.5, 0.6) is 5.75 Å². The second kappa shape index (κ2) is 7.65. The monoisotopic (exact) mass is 358 g/mol. The molecule has 132 valence electrons. The number of benzene rings is 1. The fourth-order valence-corrected chi connectivity index (χ4v) is 3.57. The summed E-state index contributed by atoms with van der Waals surface area (Å²) >= 11 is 5.32. The van der Waals surface area contributed by atoms with Crippen LogP contribution in [0.1, 0.15) is 25.3 Å².